The van der Waals surface area contributed by atoms with Gasteiger partial charge in [0.1, 0.15) is 4.66 Å². The van der Waals surface area contributed by atoms with E-state index in [0.717, 1.165) is 0 Å². The van der Waals surface area contributed by atoms with Crippen molar-refractivity contribution in [3.8, 4) is 0 Å². The lowest BCUT2D eigenvalue weighted by Crippen LogP contribution is -2.38. The Morgan fingerprint density at radius 3 is 2.46 bits per heavy atom. The summed E-state index contributed by atoms with van der Waals surface area (Å²) in [7, 11) is -1.72. The topological polar surface area (TPSA) is 66.5 Å². The molecule has 0 aliphatic carbocycles. The largest absolute Gasteiger partial charge is 0.345 e. The quantitative estimate of drug-likeness (QED) is 0.702. The second-order valence-electron chi connectivity index (χ2n) is 2.45. The number of hydrogen-bond acceptors (Lipinski definition) is 3. The van der Waals surface area contributed by atoms with E-state index in [4.69, 9.17) is 0 Å². The van der Waals surface area contributed by atoms with Crippen molar-refractivity contribution in [2.45, 2.75) is 6.92 Å². The maximum absolute atomic E-state index is 11.1. The third-order valence-corrected chi connectivity index (χ3v) is 4.17. The summed E-state index contributed by atoms with van der Waals surface area (Å²) >= 11 is 2.80. The summed E-state index contributed by atoms with van der Waals surface area (Å²) < 4.78 is 23.7. The van der Waals surface area contributed by atoms with Gasteiger partial charge in [-0.15, -0.1) is 0 Å². The van der Waals surface area contributed by atoms with Crippen LogP contribution in [0.1, 0.15) is 6.92 Å². The van der Waals surface area contributed by atoms with Gasteiger partial charge in [0.25, 0.3) is 0 Å². The molecule has 0 bridgehead atoms. The first-order valence-corrected chi connectivity index (χ1v) is 6.47. The molecule has 0 aromatic heterocycles. The highest BCUT2D eigenvalue weighted by molar-refractivity contribution is 9.10. The highest BCUT2D eigenvalue weighted by Crippen LogP contribution is 1.91. The molecule has 0 rings (SSSR count). The van der Waals surface area contributed by atoms with E-state index in [1.807, 2.05) is 6.92 Å². The average Bonchev–Trinajstić information content (AvgIpc) is 2.13. The summed E-state index contributed by atoms with van der Waals surface area (Å²) in [5.74, 6) is -0.243. The number of nitrogens with one attached hydrogen (secondary N) is 1. The van der Waals surface area contributed by atoms with Crippen molar-refractivity contribution < 1.29 is 13.2 Å². The molecule has 78 valence electrons. The molecule has 0 aromatic carbocycles. The molecule has 0 aliphatic heterocycles. The second kappa shape index (κ2) is 5.56. The third kappa shape index (κ3) is 5.22. The van der Waals surface area contributed by atoms with Crippen LogP contribution >= 0.6 is 15.9 Å². The van der Waals surface area contributed by atoms with Crippen LogP contribution in [0, 0.1) is 0 Å². The Labute approximate surface area is 86.7 Å². The first kappa shape index (κ1) is 12.9. The van der Waals surface area contributed by atoms with E-state index in [0.29, 0.717) is 6.54 Å². The number of rotatable bonds is 5. The predicted molar refractivity (Wildman–Crippen MR) is 54.0 cm³/mol. The molecule has 0 spiro atoms. The van der Waals surface area contributed by atoms with Gasteiger partial charge in [0.05, 0.1) is 6.54 Å². The minimum atomic E-state index is -3.34. The van der Waals surface area contributed by atoms with Crippen LogP contribution in [-0.2, 0) is 14.8 Å². The fourth-order valence-electron chi connectivity index (χ4n) is 0.522. The van der Waals surface area contributed by atoms with Crippen molar-refractivity contribution >= 4 is 31.9 Å². The van der Waals surface area contributed by atoms with Crippen LogP contribution in [0.25, 0.3) is 0 Å². The molecule has 13 heavy (non-hydrogen) atoms. The van der Waals surface area contributed by atoms with Gasteiger partial charge in [0, 0.05) is 13.6 Å². The minimum absolute atomic E-state index is 0.182. The Kier molecular flexibility index (Phi) is 5.50. The summed E-state index contributed by atoms with van der Waals surface area (Å²) in [6.45, 7) is 2.20. The smallest absolute Gasteiger partial charge is 0.237 e. The molecule has 0 aromatic rings. The van der Waals surface area contributed by atoms with E-state index >= 15 is 0 Å². The summed E-state index contributed by atoms with van der Waals surface area (Å²) in [4.78, 5) is 12.6. The van der Waals surface area contributed by atoms with Crippen LogP contribution in [0.4, 0.5) is 0 Å². The molecule has 1 amide bonds. The number of carbonyl (C=O) groups excluding carboxylic acids is 1. The van der Waals surface area contributed by atoms with Crippen LogP contribution in [0.3, 0.4) is 0 Å². The van der Waals surface area contributed by atoms with Gasteiger partial charge < -0.3 is 4.90 Å². The summed E-state index contributed by atoms with van der Waals surface area (Å²) in [5.41, 5.74) is 0. The lowest BCUT2D eigenvalue weighted by atomic mass is 10.5. The zero-order valence-corrected chi connectivity index (χ0v) is 9.98. The molecule has 0 saturated heterocycles. The monoisotopic (exact) mass is 272 g/mol. The molecule has 7 heteroatoms. The van der Waals surface area contributed by atoms with Gasteiger partial charge in [-0.25, -0.2) is 13.1 Å². The second-order valence-corrected chi connectivity index (χ2v) is 5.56. The lowest BCUT2D eigenvalue weighted by molar-refractivity contribution is -0.128. The minimum Gasteiger partial charge on any atom is -0.345 e. The molecule has 0 unspecified atom stereocenters. The standard InChI is InChI=1S/C6H13BrN2O3S/c1-3-9(2)6(10)4-8-13(11,12)5-7/h8H,3-5H2,1-2H3. The number of amides is 1. The van der Waals surface area contributed by atoms with Gasteiger partial charge in [-0.05, 0) is 6.92 Å². The van der Waals surface area contributed by atoms with E-state index < -0.39 is 10.0 Å². The lowest BCUT2D eigenvalue weighted by Gasteiger charge is -2.14. The van der Waals surface area contributed by atoms with Gasteiger partial charge in [-0.1, -0.05) is 15.9 Å². The number of hydrogen-bond donors (Lipinski definition) is 1. The molecule has 0 saturated carbocycles. The number of sulfonamides is 1. The zero-order valence-electron chi connectivity index (χ0n) is 7.58. The van der Waals surface area contributed by atoms with Gasteiger partial charge >= 0.3 is 0 Å². The molecule has 0 fully saturated rings. The molecule has 1 N–H and O–H groups in total. The van der Waals surface area contributed by atoms with Gasteiger partial charge in [-0.3, -0.25) is 4.79 Å². The van der Waals surface area contributed by atoms with Crippen LogP contribution in [0.15, 0.2) is 0 Å². The molecular formula is C6H13BrN2O3S. The van der Waals surface area contributed by atoms with Crippen molar-refractivity contribution in [3.05, 3.63) is 0 Å². The molecular weight excluding hydrogens is 260 g/mol. The number of nitrogens with zero attached hydrogens (tertiary/aromatic N) is 1. The fourth-order valence-corrected chi connectivity index (χ4v) is 1.43. The molecule has 0 atom stereocenters. The molecule has 5 nitrogen and oxygen atoms in total. The van der Waals surface area contributed by atoms with Crippen molar-refractivity contribution in [1.29, 1.82) is 0 Å². The van der Waals surface area contributed by atoms with E-state index in [1.165, 1.54) is 4.90 Å². The van der Waals surface area contributed by atoms with Crippen molar-refractivity contribution in [3.63, 3.8) is 0 Å². The first-order chi connectivity index (χ1) is 5.93. The molecule has 0 radical (unpaired) electrons. The van der Waals surface area contributed by atoms with E-state index in [-0.39, 0.29) is 17.1 Å². The summed E-state index contributed by atoms with van der Waals surface area (Å²) in [6, 6.07) is 0. The van der Waals surface area contributed by atoms with Gasteiger partial charge in [-0.2, -0.15) is 0 Å². The van der Waals surface area contributed by atoms with Gasteiger partial charge in [0.15, 0.2) is 0 Å². The van der Waals surface area contributed by atoms with Crippen LogP contribution < -0.4 is 4.72 Å². The predicted octanol–water partition coefficient (Wildman–Crippen LogP) is -0.263. The summed E-state index contributed by atoms with van der Waals surface area (Å²) in [5, 5.41) is 0. The van der Waals surface area contributed by atoms with Crippen molar-refractivity contribution in [2.24, 2.45) is 0 Å². The number of halogens is 1. The Balaban J connectivity index is 3.97. The number of carbonyl (C=O) groups is 1. The number of alkyl halides is 1. The normalized spacial score (nSPS) is 11.3. The Morgan fingerprint density at radius 1 is 1.54 bits per heavy atom. The third-order valence-electron chi connectivity index (χ3n) is 1.49. The van der Waals surface area contributed by atoms with E-state index in [9.17, 15) is 13.2 Å². The van der Waals surface area contributed by atoms with Gasteiger partial charge in [0.2, 0.25) is 15.9 Å². The Morgan fingerprint density at radius 2 is 2.08 bits per heavy atom. The highest BCUT2D eigenvalue weighted by Gasteiger charge is 2.12. The zero-order chi connectivity index (χ0) is 10.5. The maximum atomic E-state index is 11.1. The van der Waals surface area contributed by atoms with E-state index in [2.05, 4.69) is 20.7 Å². The fraction of sp³-hybridized carbons (Fsp3) is 0.833. The van der Waals surface area contributed by atoms with Crippen LogP contribution in [0.2, 0.25) is 0 Å². The van der Waals surface area contributed by atoms with Crippen molar-refractivity contribution in [1.82, 2.24) is 9.62 Å². The SMILES string of the molecule is CCN(C)C(=O)CNS(=O)(=O)CBr. The number of likely N-dealkylation sites (N-methyl/N-ethyl adjacent to an activating group) is 1. The maximum Gasteiger partial charge on any atom is 0.237 e. The molecule has 0 heterocycles. The average molecular weight is 273 g/mol. The van der Waals surface area contributed by atoms with Crippen molar-refractivity contribution in [2.75, 3.05) is 24.8 Å². The van der Waals surface area contributed by atoms with Crippen LogP contribution in [0.5, 0.6) is 0 Å². The Bertz CT molecular complexity index is 265. The highest BCUT2D eigenvalue weighted by atomic mass is 79.9. The Hall–Kier alpha value is -0.140. The molecule has 0 aliphatic rings. The van der Waals surface area contributed by atoms with E-state index in [1.54, 1.807) is 7.05 Å². The summed E-state index contributed by atoms with van der Waals surface area (Å²) in [6.07, 6.45) is 0. The van der Waals surface area contributed by atoms with Crippen LogP contribution in [-0.4, -0.2) is 44.0 Å². The first-order valence-electron chi connectivity index (χ1n) is 3.70.